The number of non-ortho nitro benzene ring substituents is 1. The van der Waals surface area contributed by atoms with Crippen molar-refractivity contribution in [3.63, 3.8) is 0 Å². The fourth-order valence-electron chi connectivity index (χ4n) is 2.27. The van der Waals surface area contributed by atoms with Gasteiger partial charge in [-0.25, -0.2) is 0 Å². The molecule has 1 heterocycles. The third-order valence-corrected chi connectivity index (χ3v) is 3.56. The first-order valence-corrected chi connectivity index (χ1v) is 6.10. The molecule has 1 aromatic rings. The van der Waals surface area contributed by atoms with Gasteiger partial charge in [0.25, 0.3) is 5.69 Å². The maximum Gasteiger partial charge on any atom is 0.269 e. The molecule has 9 heteroatoms. The van der Waals surface area contributed by atoms with Crippen molar-refractivity contribution in [3.8, 4) is 0 Å². The Morgan fingerprint density at radius 2 is 1.81 bits per heavy atom. The maximum atomic E-state index is 10.6. The van der Waals surface area contributed by atoms with E-state index in [2.05, 4.69) is 0 Å². The Morgan fingerprint density at radius 1 is 1.24 bits per heavy atom. The van der Waals surface area contributed by atoms with Crippen molar-refractivity contribution in [1.82, 2.24) is 0 Å². The van der Waals surface area contributed by atoms with Crippen molar-refractivity contribution in [2.24, 2.45) is 0 Å². The predicted molar refractivity (Wildman–Crippen MR) is 67.0 cm³/mol. The van der Waals surface area contributed by atoms with Gasteiger partial charge in [0, 0.05) is 12.1 Å². The second kappa shape index (κ2) is 5.64. The molecule has 0 aromatic heterocycles. The molecule has 1 aliphatic heterocycles. The van der Waals surface area contributed by atoms with Crippen molar-refractivity contribution >= 4 is 5.69 Å². The van der Waals surface area contributed by atoms with Gasteiger partial charge in [-0.2, -0.15) is 0 Å². The second-order valence-electron chi connectivity index (χ2n) is 4.77. The lowest BCUT2D eigenvalue weighted by molar-refractivity contribution is -0.385. The van der Waals surface area contributed by atoms with E-state index >= 15 is 0 Å². The topological polar surface area (TPSA) is 154 Å². The highest BCUT2D eigenvalue weighted by molar-refractivity contribution is 5.37. The number of nitrogens with zero attached hydrogens (tertiary/aromatic N) is 1. The summed E-state index contributed by atoms with van der Waals surface area (Å²) < 4.78 is 4.88. The highest BCUT2D eigenvalue weighted by atomic mass is 16.6. The molecule has 1 saturated heterocycles. The number of aliphatic hydroxyl groups is 5. The number of ether oxygens (including phenoxy) is 1. The Morgan fingerprint density at radius 3 is 2.29 bits per heavy atom. The number of hydrogen-bond acceptors (Lipinski definition) is 8. The van der Waals surface area contributed by atoms with E-state index in [0.717, 1.165) is 24.3 Å². The first kappa shape index (κ1) is 15.8. The lowest BCUT2D eigenvalue weighted by Gasteiger charge is -2.46. The molecule has 1 aliphatic rings. The summed E-state index contributed by atoms with van der Waals surface area (Å²) in [6.07, 6.45) is -6.67. The van der Waals surface area contributed by atoms with Crippen LogP contribution in [0.1, 0.15) is 5.56 Å². The first-order chi connectivity index (χ1) is 9.82. The Labute approximate surface area is 118 Å². The summed E-state index contributed by atoms with van der Waals surface area (Å²) in [6.45, 7) is -0.661. The third kappa shape index (κ3) is 2.50. The monoisotopic (exact) mass is 301 g/mol. The van der Waals surface area contributed by atoms with E-state index in [4.69, 9.17) is 9.84 Å². The van der Waals surface area contributed by atoms with Gasteiger partial charge in [0.1, 0.15) is 18.3 Å². The zero-order chi connectivity index (χ0) is 15.8. The molecule has 5 atom stereocenters. The SMILES string of the molecule is O=[N+]([O-])c1ccc([C@]2(O)[C@@H](O)O[C@H](CO)[C@H](O)[C@@H]2O)cc1. The highest BCUT2D eigenvalue weighted by Gasteiger charge is 2.55. The van der Waals surface area contributed by atoms with Crippen LogP contribution in [0, 0.1) is 10.1 Å². The molecule has 21 heavy (non-hydrogen) atoms. The number of nitro groups is 1. The molecule has 0 radical (unpaired) electrons. The van der Waals surface area contributed by atoms with Gasteiger partial charge < -0.3 is 30.3 Å². The first-order valence-electron chi connectivity index (χ1n) is 6.10. The Bertz CT molecular complexity index is 520. The van der Waals surface area contributed by atoms with Gasteiger partial charge in [-0.3, -0.25) is 10.1 Å². The lowest BCUT2D eigenvalue weighted by atomic mass is 9.81. The Kier molecular flexibility index (Phi) is 4.23. The van der Waals surface area contributed by atoms with E-state index in [1.165, 1.54) is 0 Å². The zero-order valence-electron chi connectivity index (χ0n) is 10.7. The average molecular weight is 301 g/mol. The van der Waals surface area contributed by atoms with E-state index in [-0.39, 0.29) is 11.3 Å². The molecule has 1 aromatic carbocycles. The van der Waals surface area contributed by atoms with E-state index in [0.29, 0.717) is 0 Å². The van der Waals surface area contributed by atoms with Gasteiger partial charge in [-0.15, -0.1) is 0 Å². The molecule has 0 spiro atoms. The summed E-state index contributed by atoms with van der Waals surface area (Å²) in [4.78, 5) is 9.94. The van der Waals surface area contributed by atoms with E-state index in [9.17, 15) is 30.5 Å². The van der Waals surface area contributed by atoms with Crippen LogP contribution in [0.5, 0.6) is 0 Å². The number of hydrogen-bond donors (Lipinski definition) is 5. The van der Waals surface area contributed by atoms with Crippen LogP contribution in [0.15, 0.2) is 24.3 Å². The molecular weight excluding hydrogens is 286 g/mol. The van der Waals surface area contributed by atoms with E-state index in [1.807, 2.05) is 0 Å². The number of aliphatic hydroxyl groups excluding tert-OH is 4. The average Bonchev–Trinajstić information content (AvgIpc) is 2.48. The highest BCUT2D eigenvalue weighted by Crippen LogP contribution is 2.37. The summed E-state index contributed by atoms with van der Waals surface area (Å²) in [5, 5.41) is 59.7. The van der Waals surface area contributed by atoms with Crippen molar-refractivity contribution in [3.05, 3.63) is 39.9 Å². The molecule has 0 amide bonds. The third-order valence-electron chi connectivity index (χ3n) is 3.56. The second-order valence-corrected chi connectivity index (χ2v) is 4.77. The summed E-state index contributed by atoms with van der Waals surface area (Å²) in [6, 6.07) is 4.44. The van der Waals surface area contributed by atoms with Gasteiger partial charge in [0.05, 0.1) is 11.5 Å². The van der Waals surface area contributed by atoms with Crippen LogP contribution in [0.2, 0.25) is 0 Å². The van der Waals surface area contributed by atoms with Gasteiger partial charge in [-0.1, -0.05) is 0 Å². The summed E-state index contributed by atoms with van der Waals surface area (Å²) in [5.74, 6) is 0. The molecule has 9 nitrogen and oxygen atoms in total. The van der Waals surface area contributed by atoms with Crippen LogP contribution in [0.4, 0.5) is 5.69 Å². The van der Waals surface area contributed by atoms with Crippen molar-refractivity contribution in [1.29, 1.82) is 0 Å². The standard InChI is InChI=1S/C12H15NO8/c14-5-8-9(15)10(16)12(18,11(17)21-8)6-1-3-7(4-2-6)13(19)20/h1-4,8-11,14-18H,5H2/t8-,9+,10+,11+,12-/m1/s1. The summed E-state index contributed by atoms with van der Waals surface area (Å²) in [7, 11) is 0. The fraction of sp³-hybridized carbons (Fsp3) is 0.500. The molecule has 0 saturated carbocycles. The van der Waals surface area contributed by atoms with Crippen LogP contribution in [-0.4, -0.2) is 61.7 Å². The minimum Gasteiger partial charge on any atom is -0.394 e. The molecule has 5 N–H and O–H groups in total. The minimum absolute atomic E-state index is 0.0662. The molecular formula is C12H15NO8. The van der Waals surface area contributed by atoms with Crippen LogP contribution < -0.4 is 0 Å². The van der Waals surface area contributed by atoms with Crippen molar-refractivity contribution in [2.45, 2.75) is 30.2 Å². The summed E-state index contributed by atoms with van der Waals surface area (Å²) >= 11 is 0. The minimum atomic E-state index is -2.37. The van der Waals surface area contributed by atoms with Crippen LogP contribution in [-0.2, 0) is 10.3 Å². The zero-order valence-corrected chi connectivity index (χ0v) is 10.7. The van der Waals surface area contributed by atoms with Crippen LogP contribution in [0.3, 0.4) is 0 Å². The fourth-order valence-corrected chi connectivity index (χ4v) is 2.27. The number of nitro benzene ring substituents is 1. The Balaban J connectivity index is 2.37. The maximum absolute atomic E-state index is 10.6. The normalized spacial score (nSPS) is 36.4. The molecule has 2 rings (SSSR count). The predicted octanol–water partition coefficient (Wildman–Crippen LogP) is -1.79. The molecule has 0 aliphatic carbocycles. The van der Waals surface area contributed by atoms with Gasteiger partial charge in [0.15, 0.2) is 11.9 Å². The van der Waals surface area contributed by atoms with E-state index < -0.39 is 41.7 Å². The lowest BCUT2D eigenvalue weighted by Crippen LogP contribution is -2.64. The molecule has 0 bridgehead atoms. The van der Waals surface area contributed by atoms with Crippen molar-refractivity contribution < 1.29 is 35.2 Å². The molecule has 1 fully saturated rings. The number of rotatable bonds is 3. The summed E-state index contributed by atoms with van der Waals surface area (Å²) in [5.41, 5.74) is -2.68. The quantitative estimate of drug-likeness (QED) is 0.324. The van der Waals surface area contributed by atoms with Gasteiger partial charge in [-0.05, 0) is 17.7 Å². The molecule has 0 unspecified atom stereocenters. The van der Waals surface area contributed by atoms with E-state index in [1.54, 1.807) is 0 Å². The largest absolute Gasteiger partial charge is 0.394 e. The van der Waals surface area contributed by atoms with Crippen LogP contribution >= 0.6 is 0 Å². The smallest absolute Gasteiger partial charge is 0.269 e. The molecule has 116 valence electrons. The van der Waals surface area contributed by atoms with Gasteiger partial charge in [0.2, 0.25) is 0 Å². The van der Waals surface area contributed by atoms with Crippen molar-refractivity contribution in [2.75, 3.05) is 6.61 Å². The number of benzene rings is 1. The van der Waals surface area contributed by atoms with Gasteiger partial charge >= 0.3 is 0 Å². The van der Waals surface area contributed by atoms with Crippen LogP contribution in [0.25, 0.3) is 0 Å². The Hall–Kier alpha value is -1.62.